The Morgan fingerprint density at radius 3 is 2.55 bits per heavy atom. The molecule has 0 aromatic heterocycles. The fraction of sp³-hybridized carbons (Fsp3) is 0.308. The zero-order chi connectivity index (χ0) is 15.6. The van der Waals surface area contributed by atoms with Crippen molar-refractivity contribution < 1.29 is 17.9 Å². The highest BCUT2D eigenvalue weighted by Gasteiger charge is 2.28. The fourth-order valence-corrected chi connectivity index (χ4v) is 3.03. The number of carbonyl (C=O) groups is 1. The zero-order valence-corrected chi connectivity index (χ0v) is 12.2. The van der Waals surface area contributed by atoms with Crippen molar-refractivity contribution in [2.24, 2.45) is 0 Å². The van der Waals surface area contributed by atoms with Gasteiger partial charge in [-0.25, -0.2) is 13.2 Å². The van der Waals surface area contributed by atoms with E-state index in [2.05, 4.69) is 15.4 Å². The van der Waals surface area contributed by atoms with Crippen molar-refractivity contribution in [3.63, 3.8) is 0 Å². The van der Waals surface area contributed by atoms with Crippen LogP contribution in [-0.4, -0.2) is 27.0 Å². The van der Waals surface area contributed by atoms with Crippen molar-refractivity contribution in [2.75, 3.05) is 12.8 Å². The number of benzene rings is 1. The lowest BCUT2D eigenvalue weighted by Crippen LogP contribution is -2.42. The van der Waals surface area contributed by atoms with Crippen LogP contribution in [0, 0.1) is 12.3 Å². The molecule has 0 unspecified atom stereocenters. The van der Waals surface area contributed by atoms with Gasteiger partial charge in [-0.3, -0.25) is 0 Å². The molecule has 1 rings (SSSR count). The number of esters is 1. The van der Waals surface area contributed by atoms with Gasteiger partial charge < -0.3 is 10.5 Å². The molecule has 1 aromatic carbocycles. The van der Waals surface area contributed by atoms with Gasteiger partial charge in [0.2, 0.25) is 10.0 Å². The number of ether oxygens (including phenoxy) is 1. The molecule has 0 spiro atoms. The molecule has 0 aliphatic rings. The monoisotopic (exact) mass is 296 g/mol. The van der Waals surface area contributed by atoms with Crippen molar-refractivity contribution in [1.29, 1.82) is 0 Å². The molecule has 0 saturated carbocycles. The van der Waals surface area contributed by atoms with Crippen LogP contribution < -0.4 is 10.5 Å². The van der Waals surface area contributed by atoms with Gasteiger partial charge in [0.15, 0.2) is 0 Å². The van der Waals surface area contributed by atoms with Crippen molar-refractivity contribution >= 4 is 21.7 Å². The number of anilines is 1. The molecule has 0 aliphatic heterocycles. The summed E-state index contributed by atoms with van der Waals surface area (Å²) in [6.07, 6.45) is 5.25. The number of methoxy groups -OCH3 is 1. The van der Waals surface area contributed by atoms with Crippen LogP contribution in [0.4, 0.5) is 5.69 Å². The molecule has 0 radical (unpaired) electrons. The maximum Gasteiger partial charge on any atom is 0.339 e. The summed E-state index contributed by atoms with van der Waals surface area (Å²) >= 11 is 0. The molecule has 0 saturated heterocycles. The second-order valence-corrected chi connectivity index (χ2v) is 6.27. The Kier molecular flexibility index (Phi) is 4.43. The highest BCUT2D eigenvalue weighted by molar-refractivity contribution is 7.89. The first-order valence-corrected chi connectivity index (χ1v) is 7.11. The first kappa shape index (κ1) is 16.0. The molecule has 0 fully saturated rings. The number of hydrogen-bond acceptors (Lipinski definition) is 5. The number of hydrogen-bond donors (Lipinski definition) is 2. The van der Waals surface area contributed by atoms with Gasteiger partial charge in [-0.2, -0.15) is 4.72 Å². The van der Waals surface area contributed by atoms with Crippen LogP contribution in [0.2, 0.25) is 0 Å². The number of nitrogens with one attached hydrogen (secondary N) is 1. The Balaban J connectivity index is 3.42. The minimum absolute atomic E-state index is 0.109. The maximum absolute atomic E-state index is 12.3. The minimum atomic E-state index is -4.01. The number of rotatable bonds is 4. The van der Waals surface area contributed by atoms with Crippen LogP contribution in [-0.2, 0) is 14.8 Å². The van der Waals surface area contributed by atoms with Gasteiger partial charge in [-0.15, -0.1) is 6.42 Å². The van der Waals surface area contributed by atoms with E-state index in [1.54, 1.807) is 0 Å². The van der Waals surface area contributed by atoms with E-state index in [0.717, 1.165) is 7.11 Å². The van der Waals surface area contributed by atoms with Gasteiger partial charge in [0.05, 0.1) is 23.1 Å². The lowest BCUT2D eigenvalue weighted by Gasteiger charge is -2.20. The van der Waals surface area contributed by atoms with Crippen LogP contribution in [0.1, 0.15) is 24.2 Å². The molecular formula is C13H16N2O4S. The number of terminal acetylenes is 1. The number of sulfonamides is 1. The molecule has 7 heteroatoms. The lowest BCUT2D eigenvalue weighted by atomic mass is 10.1. The Bertz CT molecular complexity index is 672. The summed E-state index contributed by atoms with van der Waals surface area (Å²) in [6, 6.07) is 3.89. The Hall–Kier alpha value is -2.04. The van der Waals surface area contributed by atoms with Gasteiger partial charge in [-0.05, 0) is 32.0 Å². The highest BCUT2D eigenvalue weighted by atomic mass is 32.2. The molecule has 0 aliphatic carbocycles. The third-order valence-electron chi connectivity index (χ3n) is 2.45. The SMILES string of the molecule is C#CC(C)(C)NS(=O)(=O)c1cc(N)ccc1C(=O)OC. The van der Waals surface area contributed by atoms with E-state index in [9.17, 15) is 13.2 Å². The smallest absolute Gasteiger partial charge is 0.339 e. The normalized spacial score (nSPS) is 11.7. The van der Waals surface area contributed by atoms with Gasteiger partial charge in [0.1, 0.15) is 0 Å². The molecule has 20 heavy (non-hydrogen) atoms. The lowest BCUT2D eigenvalue weighted by molar-refractivity contribution is 0.0596. The van der Waals surface area contributed by atoms with E-state index >= 15 is 0 Å². The number of nitrogens with two attached hydrogens (primary N) is 1. The molecule has 108 valence electrons. The minimum Gasteiger partial charge on any atom is -0.465 e. The Morgan fingerprint density at radius 1 is 1.45 bits per heavy atom. The van der Waals surface area contributed by atoms with E-state index in [1.807, 2.05) is 0 Å². The van der Waals surface area contributed by atoms with E-state index < -0.39 is 21.5 Å². The maximum atomic E-state index is 12.3. The second-order valence-electron chi connectivity index (χ2n) is 4.62. The van der Waals surface area contributed by atoms with Crippen molar-refractivity contribution in [1.82, 2.24) is 4.72 Å². The second kappa shape index (κ2) is 5.53. The fourth-order valence-electron chi connectivity index (χ4n) is 1.46. The van der Waals surface area contributed by atoms with Crippen LogP contribution in [0.3, 0.4) is 0 Å². The third-order valence-corrected chi connectivity index (χ3v) is 4.15. The molecule has 1 aromatic rings. The van der Waals surface area contributed by atoms with Gasteiger partial charge in [0.25, 0.3) is 0 Å². The molecule has 0 bridgehead atoms. The summed E-state index contributed by atoms with van der Waals surface area (Å²) in [7, 11) is -2.85. The summed E-state index contributed by atoms with van der Waals surface area (Å²) in [4.78, 5) is 11.4. The van der Waals surface area contributed by atoms with Gasteiger partial charge in [-0.1, -0.05) is 5.92 Å². The highest BCUT2D eigenvalue weighted by Crippen LogP contribution is 2.21. The van der Waals surface area contributed by atoms with Crippen molar-refractivity contribution in [2.45, 2.75) is 24.3 Å². The summed E-state index contributed by atoms with van der Waals surface area (Å²) in [5.41, 5.74) is 4.57. The van der Waals surface area contributed by atoms with Gasteiger partial charge in [0, 0.05) is 5.69 Å². The standard InChI is InChI=1S/C13H16N2O4S/c1-5-13(2,3)15-20(17,18)11-8-9(14)6-7-10(11)12(16)19-4/h1,6-8,15H,14H2,2-4H3. The average Bonchev–Trinajstić information content (AvgIpc) is 2.36. The molecular weight excluding hydrogens is 280 g/mol. The van der Waals surface area contributed by atoms with Crippen LogP contribution in [0.15, 0.2) is 23.1 Å². The van der Waals surface area contributed by atoms with E-state index in [-0.39, 0.29) is 16.1 Å². The van der Waals surface area contributed by atoms with Crippen LogP contribution in [0.5, 0.6) is 0 Å². The van der Waals surface area contributed by atoms with E-state index in [0.29, 0.717) is 0 Å². The van der Waals surface area contributed by atoms with E-state index in [4.69, 9.17) is 12.2 Å². The Morgan fingerprint density at radius 2 is 2.05 bits per heavy atom. The summed E-state index contributed by atoms with van der Waals surface area (Å²) in [5.74, 6) is 1.53. The molecule has 0 atom stereocenters. The van der Waals surface area contributed by atoms with Gasteiger partial charge >= 0.3 is 5.97 Å². The van der Waals surface area contributed by atoms with Crippen molar-refractivity contribution in [3.8, 4) is 12.3 Å². The van der Waals surface area contributed by atoms with Crippen LogP contribution >= 0.6 is 0 Å². The quantitative estimate of drug-likeness (QED) is 0.485. The number of carbonyl (C=O) groups excluding carboxylic acids is 1. The molecule has 3 N–H and O–H groups in total. The predicted octanol–water partition coefficient (Wildman–Crippen LogP) is 0.746. The number of nitrogen functional groups attached to an aromatic ring is 1. The topological polar surface area (TPSA) is 98.5 Å². The average molecular weight is 296 g/mol. The largest absolute Gasteiger partial charge is 0.465 e. The third kappa shape index (κ3) is 3.50. The molecule has 6 nitrogen and oxygen atoms in total. The van der Waals surface area contributed by atoms with E-state index in [1.165, 1.54) is 32.0 Å². The summed E-state index contributed by atoms with van der Waals surface area (Å²) in [6.45, 7) is 3.04. The summed E-state index contributed by atoms with van der Waals surface area (Å²) in [5, 5.41) is 0. The Labute approximate surface area is 118 Å². The summed E-state index contributed by atoms with van der Waals surface area (Å²) < 4.78 is 31.5. The first-order chi connectivity index (χ1) is 9.13. The zero-order valence-electron chi connectivity index (χ0n) is 11.4. The molecule has 0 amide bonds. The first-order valence-electron chi connectivity index (χ1n) is 5.62. The van der Waals surface area contributed by atoms with Crippen LogP contribution in [0.25, 0.3) is 0 Å². The van der Waals surface area contributed by atoms with Crippen molar-refractivity contribution in [3.05, 3.63) is 23.8 Å². The molecule has 0 heterocycles. The predicted molar refractivity (Wildman–Crippen MR) is 75.4 cm³/mol.